The molecule has 2 saturated heterocycles. The molecule has 0 aromatic carbocycles. The molecule has 0 saturated carbocycles. The van der Waals surface area contributed by atoms with Crippen molar-refractivity contribution in [2.24, 2.45) is 0 Å². The maximum absolute atomic E-state index is 13.3. The number of carbonyl (C=O) groups excluding carboxylic acids is 1. The van der Waals surface area contributed by atoms with Gasteiger partial charge < -0.3 is 65.1 Å². The van der Waals surface area contributed by atoms with Crippen LogP contribution in [-0.2, 0) is 23.7 Å². The average Bonchev–Trinajstić information content (AvgIpc) is 1.24. The number of nitrogens with one attached hydrogen (secondary N) is 1. The van der Waals surface area contributed by atoms with Crippen LogP contribution in [0.3, 0.4) is 0 Å². The molecule has 12 unspecified atom stereocenters. The smallest absolute Gasteiger partial charge is 0.220 e. The van der Waals surface area contributed by atoms with Gasteiger partial charge in [0.25, 0.3) is 0 Å². The second-order valence-corrected chi connectivity index (χ2v) is 26.8. The predicted octanol–water partition coefficient (Wildman–Crippen LogP) is 16.4. The Bertz CT molecular complexity index is 1760. The van der Waals surface area contributed by atoms with Crippen molar-refractivity contribution in [3.8, 4) is 0 Å². The summed E-state index contributed by atoms with van der Waals surface area (Å²) in [5.41, 5.74) is 0. The minimum absolute atomic E-state index is 0.249. The van der Waals surface area contributed by atoms with Crippen LogP contribution >= 0.6 is 0 Å². The van der Waals surface area contributed by atoms with Gasteiger partial charge in [-0.25, -0.2) is 0 Å². The summed E-state index contributed by atoms with van der Waals surface area (Å²) in [5.74, 6) is -0.249. The standard InChI is InChI=1S/C77H141NO13/c1-3-5-7-9-11-13-15-17-19-21-22-23-24-25-26-27-28-29-30-31-32-33-34-35-36-37-38-39-40-41-42-43-44-45-47-49-51-53-55-57-59-61-69(82)78-65(66(81)60-58-56-54-52-50-48-46-20-18-16-14-12-10-8-6-4-2)64-88-76-74(87)72(85)75(68(63-80)90-76)91-77-73(86)71(84)70(83)67(62-79)89-77/h15,17-18,20-22,50,52,58,60,65-68,70-77,79-81,83-87H,3-14,16,19,23-49,51,53-57,59,61-64H2,1-2H3,(H,78,82)/b17-15-,20-18+,22-21-,52-50+,60-58+. The van der Waals surface area contributed by atoms with Gasteiger partial charge in [0.2, 0.25) is 5.91 Å². The molecule has 9 N–H and O–H groups in total. The van der Waals surface area contributed by atoms with Crippen molar-refractivity contribution in [1.82, 2.24) is 5.32 Å². The van der Waals surface area contributed by atoms with Crippen LogP contribution < -0.4 is 5.32 Å². The molecular formula is C77H141NO13. The van der Waals surface area contributed by atoms with Crippen LogP contribution in [0.15, 0.2) is 60.8 Å². The number of aliphatic hydroxyl groups is 8. The van der Waals surface area contributed by atoms with Crippen LogP contribution in [0, 0.1) is 0 Å². The van der Waals surface area contributed by atoms with Crippen LogP contribution in [0.2, 0.25) is 0 Å². The third-order valence-electron chi connectivity index (χ3n) is 18.4. The fourth-order valence-electron chi connectivity index (χ4n) is 12.4. The van der Waals surface area contributed by atoms with Gasteiger partial charge >= 0.3 is 0 Å². The highest BCUT2D eigenvalue weighted by atomic mass is 16.7. The highest BCUT2D eigenvalue weighted by Gasteiger charge is 2.51. The Morgan fingerprint density at radius 2 is 0.736 bits per heavy atom. The van der Waals surface area contributed by atoms with E-state index >= 15 is 0 Å². The third-order valence-corrected chi connectivity index (χ3v) is 18.4. The molecule has 0 aromatic heterocycles. The summed E-state index contributed by atoms with van der Waals surface area (Å²) < 4.78 is 22.8. The number of amides is 1. The first-order chi connectivity index (χ1) is 44.6. The van der Waals surface area contributed by atoms with Crippen molar-refractivity contribution >= 4 is 5.91 Å². The van der Waals surface area contributed by atoms with Crippen molar-refractivity contribution in [3.63, 3.8) is 0 Å². The van der Waals surface area contributed by atoms with E-state index in [0.29, 0.717) is 12.8 Å². The zero-order chi connectivity index (χ0) is 65.9. The lowest BCUT2D eigenvalue weighted by Crippen LogP contribution is -2.65. The van der Waals surface area contributed by atoms with E-state index in [1.165, 1.54) is 244 Å². The monoisotopic (exact) mass is 1290 g/mol. The summed E-state index contributed by atoms with van der Waals surface area (Å²) in [6, 6.07) is -0.938. The van der Waals surface area contributed by atoms with Crippen LogP contribution in [0.4, 0.5) is 0 Å². The van der Waals surface area contributed by atoms with E-state index in [4.69, 9.17) is 18.9 Å². The van der Waals surface area contributed by atoms with Crippen molar-refractivity contribution in [2.45, 2.75) is 402 Å². The Morgan fingerprint density at radius 1 is 0.396 bits per heavy atom. The zero-order valence-electron chi connectivity index (χ0n) is 58.1. The Labute approximate surface area is 556 Å². The first-order valence-corrected chi connectivity index (χ1v) is 38.0. The van der Waals surface area contributed by atoms with Crippen molar-refractivity contribution < 1.29 is 64.6 Å². The normalized spacial score (nSPS) is 23.1. The molecule has 0 radical (unpaired) electrons. The second-order valence-electron chi connectivity index (χ2n) is 26.8. The minimum atomic E-state index is -1.79. The zero-order valence-corrected chi connectivity index (χ0v) is 58.1. The molecule has 14 heteroatoms. The van der Waals surface area contributed by atoms with E-state index in [-0.39, 0.29) is 18.9 Å². The fourth-order valence-corrected chi connectivity index (χ4v) is 12.4. The second kappa shape index (κ2) is 61.3. The molecule has 2 rings (SSSR count). The quantitative estimate of drug-likeness (QED) is 0.0204. The maximum atomic E-state index is 13.3. The topological polar surface area (TPSA) is 228 Å². The van der Waals surface area contributed by atoms with Crippen LogP contribution in [0.1, 0.15) is 328 Å². The summed E-state index contributed by atoms with van der Waals surface area (Å²) in [6.45, 7) is 2.78. The molecule has 2 aliphatic rings. The van der Waals surface area contributed by atoms with E-state index in [0.717, 1.165) is 51.4 Å². The van der Waals surface area contributed by atoms with Gasteiger partial charge in [0.1, 0.15) is 48.8 Å². The first-order valence-electron chi connectivity index (χ1n) is 38.0. The summed E-state index contributed by atoms with van der Waals surface area (Å²) >= 11 is 0. The maximum Gasteiger partial charge on any atom is 0.220 e. The van der Waals surface area contributed by atoms with Crippen molar-refractivity contribution in [2.75, 3.05) is 19.8 Å². The number of carbonyl (C=O) groups is 1. The lowest BCUT2D eigenvalue weighted by molar-refractivity contribution is -0.359. The van der Waals surface area contributed by atoms with Crippen LogP contribution in [0.5, 0.6) is 0 Å². The fraction of sp³-hybridized carbons (Fsp3) is 0.857. The van der Waals surface area contributed by atoms with Gasteiger partial charge in [-0.3, -0.25) is 4.79 Å². The van der Waals surface area contributed by atoms with Gasteiger partial charge in [0, 0.05) is 6.42 Å². The van der Waals surface area contributed by atoms with Crippen molar-refractivity contribution in [3.05, 3.63) is 60.8 Å². The molecule has 0 spiro atoms. The number of ether oxygens (including phenoxy) is 4. The number of hydrogen-bond donors (Lipinski definition) is 9. The molecule has 0 bridgehead atoms. The van der Waals surface area contributed by atoms with E-state index in [2.05, 4.69) is 67.8 Å². The molecule has 91 heavy (non-hydrogen) atoms. The first kappa shape index (κ1) is 84.8. The molecule has 0 aliphatic carbocycles. The molecule has 2 aliphatic heterocycles. The number of hydrogen-bond acceptors (Lipinski definition) is 13. The Morgan fingerprint density at radius 3 is 1.14 bits per heavy atom. The van der Waals surface area contributed by atoms with Gasteiger partial charge in [0.05, 0.1) is 32.0 Å². The largest absolute Gasteiger partial charge is 0.394 e. The van der Waals surface area contributed by atoms with Gasteiger partial charge in [-0.1, -0.05) is 306 Å². The molecule has 0 aromatic rings. The number of unbranched alkanes of at least 4 members (excludes halogenated alkanes) is 42. The highest BCUT2D eigenvalue weighted by molar-refractivity contribution is 5.76. The molecule has 2 heterocycles. The van der Waals surface area contributed by atoms with Gasteiger partial charge in [-0.15, -0.1) is 0 Å². The van der Waals surface area contributed by atoms with E-state index in [1.54, 1.807) is 6.08 Å². The molecule has 532 valence electrons. The van der Waals surface area contributed by atoms with Crippen molar-refractivity contribution in [1.29, 1.82) is 0 Å². The van der Waals surface area contributed by atoms with Gasteiger partial charge in [-0.05, 0) is 77.0 Å². The molecule has 1 amide bonds. The number of aliphatic hydroxyl groups excluding tert-OH is 8. The van der Waals surface area contributed by atoms with E-state index in [1.807, 2.05) is 6.08 Å². The summed E-state index contributed by atoms with van der Waals surface area (Å²) in [4.78, 5) is 13.3. The SMILES string of the molecule is CCCCCCC/C=C\C/C=C\CCCCCCCCCCCCCCCCCCCCCCCCCCCCCCCC(=O)NC(COC1OC(CO)C(OC2OC(CO)C(O)C(O)C2O)C(O)C1O)C(O)/C=C/CC/C=C/CC/C=C/CCCCCCCC. The summed E-state index contributed by atoms with van der Waals surface area (Å²) in [5, 5.41) is 87.3. The lowest BCUT2D eigenvalue weighted by atomic mass is 9.97. The highest BCUT2D eigenvalue weighted by Crippen LogP contribution is 2.30. The third kappa shape index (κ3) is 44.9. The molecule has 2 fully saturated rings. The Hall–Kier alpha value is -2.31. The van der Waals surface area contributed by atoms with Gasteiger partial charge in [0.15, 0.2) is 12.6 Å². The Kier molecular flexibility index (Phi) is 57.1. The predicted molar refractivity (Wildman–Crippen MR) is 374 cm³/mol. The Balaban J connectivity index is 1.55. The average molecular weight is 1290 g/mol. The van der Waals surface area contributed by atoms with Crippen LogP contribution in [-0.4, -0.2) is 140 Å². The lowest BCUT2D eigenvalue weighted by Gasteiger charge is -2.46. The summed E-state index contributed by atoms with van der Waals surface area (Å²) in [7, 11) is 0. The summed E-state index contributed by atoms with van der Waals surface area (Å²) in [6.07, 6.45) is 66.1. The van der Waals surface area contributed by atoms with E-state index in [9.17, 15) is 45.6 Å². The van der Waals surface area contributed by atoms with Gasteiger partial charge in [-0.2, -0.15) is 0 Å². The molecule has 12 atom stereocenters. The number of allylic oxidation sites excluding steroid dienone is 9. The minimum Gasteiger partial charge on any atom is -0.394 e. The van der Waals surface area contributed by atoms with E-state index < -0.39 is 86.8 Å². The molecular weight excluding hydrogens is 1150 g/mol. The van der Waals surface area contributed by atoms with Crippen LogP contribution in [0.25, 0.3) is 0 Å². The number of rotatable bonds is 63. The molecule has 14 nitrogen and oxygen atoms in total.